The normalized spacial score (nSPS) is 15.2. The number of carbonyl (C=O) groups is 1. The van der Waals surface area contributed by atoms with Gasteiger partial charge in [0.25, 0.3) is 0 Å². The lowest BCUT2D eigenvalue weighted by atomic mass is 10.0. The number of rotatable bonds is 7. The number of anilines is 1. The molecule has 0 unspecified atom stereocenters. The van der Waals surface area contributed by atoms with Gasteiger partial charge in [-0.1, -0.05) is 26.7 Å². The predicted molar refractivity (Wildman–Crippen MR) is 104 cm³/mol. The molecule has 1 aliphatic rings. The van der Waals surface area contributed by atoms with Crippen LogP contribution in [0.4, 0.5) is 5.82 Å². The highest BCUT2D eigenvalue weighted by Gasteiger charge is 2.17. The minimum absolute atomic E-state index is 0.133. The third-order valence-electron chi connectivity index (χ3n) is 4.61. The fraction of sp³-hybridized carbons (Fsp3) is 0.632. The fourth-order valence-electron chi connectivity index (χ4n) is 3.49. The minimum Gasteiger partial charge on any atom is -0.369 e. The fourth-order valence-corrected chi connectivity index (χ4v) is 4.49. The Labute approximate surface area is 153 Å². The van der Waals surface area contributed by atoms with Gasteiger partial charge < -0.3 is 10.6 Å². The second kappa shape index (κ2) is 8.13. The van der Waals surface area contributed by atoms with Crippen LogP contribution in [-0.2, 0) is 11.2 Å². The molecule has 2 heterocycles. The highest BCUT2D eigenvalue weighted by Crippen LogP contribution is 2.31. The van der Waals surface area contributed by atoms with Crippen molar-refractivity contribution in [3.63, 3.8) is 0 Å². The Balaban J connectivity index is 1.65. The molecule has 0 saturated heterocycles. The number of thiophene rings is 1. The van der Waals surface area contributed by atoms with Gasteiger partial charge >= 0.3 is 0 Å². The number of fused-ring (bicyclic) bond motifs is 1. The van der Waals surface area contributed by atoms with E-state index in [2.05, 4.69) is 39.8 Å². The number of nitrogens with zero attached hydrogens (tertiary/aromatic N) is 2. The lowest BCUT2D eigenvalue weighted by molar-refractivity contribution is -0.121. The summed E-state index contributed by atoms with van der Waals surface area (Å²) in [4.78, 5) is 22.3. The van der Waals surface area contributed by atoms with Crippen molar-refractivity contribution in [2.45, 2.75) is 65.3 Å². The molecular formula is C19H28N4OS. The molecule has 25 heavy (non-hydrogen) atoms. The maximum atomic E-state index is 12.1. The van der Waals surface area contributed by atoms with Gasteiger partial charge in [0.15, 0.2) is 0 Å². The van der Waals surface area contributed by atoms with Crippen molar-refractivity contribution in [1.29, 1.82) is 0 Å². The number of hydrogen-bond donors (Lipinski definition) is 2. The van der Waals surface area contributed by atoms with Gasteiger partial charge in [-0.3, -0.25) is 4.79 Å². The summed E-state index contributed by atoms with van der Waals surface area (Å²) in [6, 6.07) is 0.384. The summed E-state index contributed by atoms with van der Waals surface area (Å²) in [6.07, 6.45) is 6.21. The Morgan fingerprint density at radius 1 is 1.32 bits per heavy atom. The SMILES string of the molecule is Cc1nc(NCCC(=O)NC2CCCC2)c2c(CC(C)C)csc2n1. The van der Waals surface area contributed by atoms with Crippen LogP contribution in [0.25, 0.3) is 10.2 Å². The molecule has 0 bridgehead atoms. The summed E-state index contributed by atoms with van der Waals surface area (Å²) in [5.74, 6) is 2.36. The molecule has 1 fully saturated rings. The molecular weight excluding hydrogens is 332 g/mol. The summed E-state index contributed by atoms with van der Waals surface area (Å²) in [7, 11) is 0. The average molecular weight is 361 g/mol. The lowest BCUT2D eigenvalue weighted by Gasteiger charge is -2.13. The van der Waals surface area contributed by atoms with Crippen molar-refractivity contribution in [3.8, 4) is 0 Å². The first kappa shape index (κ1) is 18.1. The lowest BCUT2D eigenvalue weighted by Crippen LogP contribution is -2.33. The van der Waals surface area contributed by atoms with Crippen LogP contribution < -0.4 is 10.6 Å². The largest absolute Gasteiger partial charge is 0.369 e. The molecule has 2 N–H and O–H groups in total. The molecule has 136 valence electrons. The molecule has 1 amide bonds. The summed E-state index contributed by atoms with van der Waals surface area (Å²) in [6.45, 7) is 6.96. The van der Waals surface area contributed by atoms with E-state index < -0.39 is 0 Å². The van der Waals surface area contributed by atoms with Crippen LogP contribution in [0, 0.1) is 12.8 Å². The van der Waals surface area contributed by atoms with Crippen LogP contribution in [0.2, 0.25) is 0 Å². The summed E-state index contributed by atoms with van der Waals surface area (Å²) in [5, 5.41) is 9.83. The third-order valence-corrected chi connectivity index (χ3v) is 5.54. The van der Waals surface area contributed by atoms with Crippen molar-refractivity contribution in [2.75, 3.05) is 11.9 Å². The molecule has 1 aliphatic carbocycles. The van der Waals surface area contributed by atoms with Gasteiger partial charge in [0.1, 0.15) is 16.5 Å². The molecule has 0 radical (unpaired) electrons. The zero-order valence-corrected chi connectivity index (χ0v) is 16.2. The van der Waals surface area contributed by atoms with E-state index in [1.165, 1.54) is 18.4 Å². The van der Waals surface area contributed by atoms with Gasteiger partial charge in [-0.15, -0.1) is 11.3 Å². The van der Waals surface area contributed by atoms with Gasteiger partial charge in [0.05, 0.1) is 5.39 Å². The number of aryl methyl sites for hydroxylation is 1. The molecule has 2 aromatic heterocycles. The van der Waals surface area contributed by atoms with E-state index in [4.69, 9.17) is 0 Å². The maximum Gasteiger partial charge on any atom is 0.221 e. The minimum atomic E-state index is 0.133. The first-order chi connectivity index (χ1) is 12.0. The second-order valence-electron chi connectivity index (χ2n) is 7.38. The average Bonchev–Trinajstić information content (AvgIpc) is 3.17. The quantitative estimate of drug-likeness (QED) is 0.781. The highest BCUT2D eigenvalue weighted by molar-refractivity contribution is 7.17. The molecule has 3 rings (SSSR count). The van der Waals surface area contributed by atoms with Gasteiger partial charge in [0.2, 0.25) is 5.91 Å². The van der Waals surface area contributed by atoms with E-state index in [0.29, 0.717) is 24.9 Å². The summed E-state index contributed by atoms with van der Waals surface area (Å²) >= 11 is 1.67. The Hall–Kier alpha value is -1.69. The number of carbonyl (C=O) groups excluding carboxylic acids is 1. The highest BCUT2D eigenvalue weighted by atomic mass is 32.1. The molecule has 0 aliphatic heterocycles. The number of aromatic nitrogens is 2. The maximum absolute atomic E-state index is 12.1. The van der Waals surface area contributed by atoms with E-state index in [-0.39, 0.29) is 5.91 Å². The van der Waals surface area contributed by atoms with Crippen LogP contribution >= 0.6 is 11.3 Å². The van der Waals surface area contributed by atoms with E-state index in [1.807, 2.05) is 6.92 Å². The van der Waals surface area contributed by atoms with Crippen LogP contribution in [-0.4, -0.2) is 28.5 Å². The standard InChI is InChI=1S/C19H28N4OS/c1-12(2)10-14-11-25-19-17(14)18(21-13(3)22-19)20-9-8-16(24)23-15-6-4-5-7-15/h11-12,15H,4-10H2,1-3H3,(H,23,24)(H,20,21,22). The molecule has 5 nitrogen and oxygen atoms in total. The van der Waals surface area contributed by atoms with Crippen molar-refractivity contribution < 1.29 is 4.79 Å². The smallest absolute Gasteiger partial charge is 0.221 e. The van der Waals surface area contributed by atoms with Crippen molar-refractivity contribution >= 4 is 33.3 Å². The van der Waals surface area contributed by atoms with E-state index in [1.54, 1.807) is 11.3 Å². The summed E-state index contributed by atoms with van der Waals surface area (Å²) in [5.41, 5.74) is 1.30. The van der Waals surface area contributed by atoms with Gasteiger partial charge in [0, 0.05) is 19.0 Å². The van der Waals surface area contributed by atoms with Crippen LogP contribution in [0.3, 0.4) is 0 Å². The van der Waals surface area contributed by atoms with E-state index in [9.17, 15) is 4.79 Å². The monoisotopic (exact) mass is 360 g/mol. The molecule has 0 aromatic carbocycles. The number of nitrogens with one attached hydrogen (secondary N) is 2. The van der Waals surface area contributed by atoms with Gasteiger partial charge in [-0.2, -0.15) is 0 Å². The second-order valence-corrected chi connectivity index (χ2v) is 8.24. The van der Waals surface area contributed by atoms with Gasteiger partial charge in [-0.05, 0) is 43.0 Å². The summed E-state index contributed by atoms with van der Waals surface area (Å²) < 4.78 is 0. The van der Waals surface area contributed by atoms with Crippen LogP contribution in [0.1, 0.15) is 57.3 Å². The molecule has 0 spiro atoms. The molecule has 6 heteroatoms. The molecule has 2 aromatic rings. The Kier molecular flexibility index (Phi) is 5.89. The van der Waals surface area contributed by atoms with Crippen molar-refractivity contribution in [3.05, 3.63) is 16.8 Å². The molecule has 0 atom stereocenters. The van der Waals surface area contributed by atoms with E-state index >= 15 is 0 Å². The van der Waals surface area contributed by atoms with Crippen molar-refractivity contribution in [2.24, 2.45) is 5.92 Å². The topological polar surface area (TPSA) is 66.9 Å². The Morgan fingerprint density at radius 3 is 2.80 bits per heavy atom. The first-order valence-corrected chi connectivity index (χ1v) is 10.2. The molecule has 1 saturated carbocycles. The number of hydrogen-bond acceptors (Lipinski definition) is 5. The first-order valence-electron chi connectivity index (χ1n) is 9.31. The Morgan fingerprint density at radius 2 is 2.08 bits per heavy atom. The predicted octanol–water partition coefficient (Wildman–Crippen LogP) is 4.06. The van der Waals surface area contributed by atoms with E-state index in [0.717, 1.165) is 41.1 Å². The van der Waals surface area contributed by atoms with Crippen molar-refractivity contribution in [1.82, 2.24) is 15.3 Å². The zero-order valence-electron chi connectivity index (χ0n) is 15.4. The van der Waals surface area contributed by atoms with Crippen LogP contribution in [0.5, 0.6) is 0 Å². The van der Waals surface area contributed by atoms with Crippen LogP contribution in [0.15, 0.2) is 5.38 Å². The number of amides is 1. The van der Waals surface area contributed by atoms with Gasteiger partial charge in [-0.25, -0.2) is 9.97 Å². The third kappa shape index (κ3) is 4.69. The zero-order chi connectivity index (χ0) is 17.8. The Bertz CT molecular complexity index is 734.